The quantitative estimate of drug-likeness (QED) is 0.814. The van der Waals surface area contributed by atoms with E-state index in [1.165, 1.54) is 31.2 Å². The van der Waals surface area contributed by atoms with Crippen LogP contribution in [-0.2, 0) is 11.3 Å². The summed E-state index contributed by atoms with van der Waals surface area (Å²) in [6.07, 6.45) is 5.66. The summed E-state index contributed by atoms with van der Waals surface area (Å²) in [5, 5.41) is 0. The first-order valence-corrected chi connectivity index (χ1v) is 7.03. The molecule has 3 rings (SSSR count). The fourth-order valence-corrected chi connectivity index (χ4v) is 3.30. The van der Waals surface area contributed by atoms with Gasteiger partial charge in [-0.05, 0) is 30.5 Å². The van der Waals surface area contributed by atoms with E-state index in [4.69, 9.17) is 10.5 Å². The summed E-state index contributed by atoms with van der Waals surface area (Å²) in [6.45, 7) is 2.94. The van der Waals surface area contributed by atoms with E-state index in [9.17, 15) is 0 Å². The Morgan fingerprint density at radius 2 is 2.17 bits per heavy atom. The van der Waals surface area contributed by atoms with Crippen LogP contribution in [0.3, 0.4) is 0 Å². The molecule has 0 radical (unpaired) electrons. The summed E-state index contributed by atoms with van der Waals surface area (Å²) in [4.78, 5) is 2.59. The molecule has 98 valence electrons. The lowest BCUT2D eigenvalue weighted by molar-refractivity contribution is -0.0911. The molecule has 1 aliphatic heterocycles. The predicted molar refractivity (Wildman–Crippen MR) is 73.3 cm³/mol. The molecule has 0 spiro atoms. The molecule has 1 aliphatic carbocycles. The molecule has 2 N–H and O–H groups in total. The second-order valence-electron chi connectivity index (χ2n) is 5.48. The van der Waals surface area contributed by atoms with Crippen LogP contribution in [0.4, 0.5) is 5.69 Å². The van der Waals surface area contributed by atoms with Crippen molar-refractivity contribution in [1.82, 2.24) is 4.90 Å². The van der Waals surface area contributed by atoms with E-state index < -0.39 is 0 Å². The number of fused-ring (bicyclic) bond motifs is 1. The van der Waals surface area contributed by atoms with Crippen LogP contribution in [-0.4, -0.2) is 30.2 Å². The minimum atomic E-state index is 0.466. The smallest absolute Gasteiger partial charge is 0.0731 e. The SMILES string of the molecule is Nc1cccc(CN2CCOC3CCCCC32)c1. The number of rotatable bonds is 2. The molecule has 1 saturated carbocycles. The molecule has 0 aromatic heterocycles. The Labute approximate surface area is 109 Å². The Bertz CT molecular complexity index is 405. The van der Waals surface area contributed by atoms with E-state index in [-0.39, 0.29) is 0 Å². The number of morpholine rings is 1. The molecule has 2 aliphatic rings. The zero-order chi connectivity index (χ0) is 12.4. The zero-order valence-electron chi connectivity index (χ0n) is 10.8. The van der Waals surface area contributed by atoms with Gasteiger partial charge in [-0.2, -0.15) is 0 Å². The molecule has 1 aromatic rings. The maximum atomic E-state index is 5.91. The van der Waals surface area contributed by atoms with Gasteiger partial charge in [-0.15, -0.1) is 0 Å². The molecule has 1 saturated heterocycles. The molecule has 0 amide bonds. The van der Waals surface area contributed by atoms with E-state index in [1.807, 2.05) is 12.1 Å². The van der Waals surface area contributed by atoms with E-state index >= 15 is 0 Å². The van der Waals surface area contributed by atoms with E-state index in [0.717, 1.165) is 25.4 Å². The van der Waals surface area contributed by atoms with Gasteiger partial charge in [-0.1, -0.05) is 25.0 Å². The summed E-state index contributed by atoms with van der Waals surface area (Å²) in [5.74, 6) is 0. The first-order chi connectivity index (χ1) is 8.83. The van der Waals surface area contributed by atoms with Crippen molar-refractivity contribution < 1.29 is 4.74 Å². The Kier molecular flexibility index (Phi) is 3.52. The standard InChI is InChI=1S/C15H22N2O/c16-13-5-3-4-12(10-13)11-17-8-9-18-15-7-2-1-6-14(15)17/h3-5,10,14-15H,1-2,6-9,11,16H2. The number of ether oxygens (including phenoxy) is 1. The van der Waals surface area contributed by atoms with Crippen LogP contribution in [0.25, 0.3) is 0 Å². The highest BCUT2D eigenvalue weighted by Gasteiger charge is 2.33. The van der Waals surface area contributed by atoms with Gasteiger partial charge in [-0.25, -0.2) is 0 Å². The Hall–Kier alpha value is -1.06. The maximum Gasteiger partial charge on any atom is 0.0731 e. The molecule has 2 fully saturated rings. The maximum absolute atomic E-state index is 5.91. The van der Waals surface area contributed by atoms with Crippen LogP contribution in [0, 0.1) is 0 Å². The van der Waals surface area contributed by atoms with E-state index in [0.29, 0.717) is 12.1 Å². The third-order valence-electron chi connectivity index (χ3n) is 4.18. The molecule has 2 unspecified atom stereocenters. The van der Waals surface area contributed by atoms with Gasteiger partial charge in [0.15, 0.2) is 0 Å². The van der Waals surface area contributed by atoms with Crippen LogP contribution in [0.1, 0.15) is 31.2 Å². The van der Waals surface area contributed by atoms with Crippen LogP contribution in [0.15, 0.2) is 24.3 Å². The fourth-order valence-electron chi connectivity index (χ4n) is 3.30. The lowest BCUT2D eigenvalue weighted by Gasteiger charge is -2.43. The van der Waals surface area contributed by atoms with Crippen molar-refractivity contribution in [1.29, 1.82) is 0 Å². The summed E-state index contributed by atoms with van der Waals surface area (Å²) in [5.41, 5.74) is 8.03. The average Bonchev–Trinajstić information content (AvgIpc) is 2.39. The molecular formula is C15H22N2O. The van der Waals surface area contributed by atoms with Gasteiger partial charge in [0.1, 0.15) is 0 Å². The van der Waals surface area contributed by atoms with Gasteiger partial charge >= 0.3 is 0 Å². The van der Waals surface area contributed by atoms with Crippen LogP contribution in [0.5, 0.6) is 0 Å². The van der Waals surface area contributed by atoms with Crippen molar-refractivity contribution >= 4 is 5.69 Å². The monoisotopic (exact) mass is 246 g/mol. The van der Waals surface area contributed by atoms with Crippen molar-refractivity contribution in [3.63, 3.8) is 0 Å². The second kappa shape index (κ2) is 5.29. The molecule has 3 nitrogen and oxygen atoms in total. The Balaban J connectivity index is 1.71. The number of nitrogens with zero attached hydrogens (tertiary/aromatic N) is 1. The number of nitrogens with two attached hydrogens (primary N) is 1. The molecule has 1 aromatic carbocycles. The first kappa shape index (κ1) is 12.0. The number of hydrogen-bond donors (Lipinski definition) is 1. The Morgan fingerprint density at radius 3 is 3.06 bits per heavy atom. The summed E-state index contributed by atoms with van der Waals surface area (Å²) < 4.78 is 5.91. The highest BCUT2D eigenvalue weighted by molar-refractivity contribution is 5.40. The van der Waals surface area contributed by atoms with Gasteiger partial charge in [0.05, 0.1) is 12.7 Å². The summed E-state index contributed by atoms with van der Waals surface area (Å²) in [6, 6.07) is 8.88. The van der Waals surface area contributed by atoms with Gasteiger partial charge in [0, 0.05) is 24.8 Å². The summed E-state index contributed by atoms with van der Waals surface area (Å²) in [7, 11) is 0. The summed E-state index contributed by atoms with van der Waals surface area (Å²) >= 11 is 0. The normalized spacial score (nSPS) is 28.9. The van der Waals surface area contributed by atoms with Crippen LogP contribution < -0.4 is 5.73 Å². The van der Waals surface area contributed by atoms with Crippen molar-refractivity contribution in [2.75, 3.05) is 18.9 Å². The van der Waals surface area contributed by atoms with Gasteiger partial charge in [0.2, 0.25) is 0 Å². The minimum Gasteiger partial charge on any atom is -0.399 e. The first-order valence-electron chi connectivity index (χ1n) is 7.03. The molecule has 2 atom stereocenters. The third-order valence-corrected chi connectivity index (χ3v) is 4.18. The molecule has 1 heterocycles. The van der Waals surface area contributed by atoms with Gasteiger partial charge in [0.25, 0.3) is 0 Å². The van der Waals surface area contributed by atoms with Crippen molar-refractivity contribution in [3.8, 4) is 0 Å². The highest BCUT2D eigenvalue weighted by atomic mass is 16.5. The third kappa shape index (κ3) is 2.52. The molecule has 18 heavy (non-hydrogen) atoms. The number of hydrogen-bond acceptors (Lipinski definition) is 3. The predicted octanol–water partition coefficient (Wildman–Crippen LogP) is 2.41. The fraction of sp³-hybridized carbons (Fsp3) is 0.600. The second-order valence-corrected chi connectivity index (χ2v) is 5.48. The number of nitrogen functional groups attached to an aromatic ring is 1. The largest absolute Gasteiger partial charge is 0.399 e. The molecular weight excluding hydrogens is 224 g/mol. The van der Waals surface area contributed by atoms with Crippen LogP contribution >= 0.6 is 0 Å². The Morgan fingerprint density at radius 1 is 1.28 bits per heavy atom. The van der Waals surface area contributed by atoms with Gasteiger partial charge in [-0.3, -0.25) is 4.90 Å². The van der Waals surface area contributed by atoms with Crippen molar-refractivity contribution in [2.24, 2.45) is 0 Å². The van der Waals surface area contributed by atoms with Crippen LogP contribution in [0.2, 0.25) is 0 Å². The topological polar surface area (TPSA) is 38.5 Å². The molecule has 3 heteroatoms. The number of benzene rings is 1. The minimum absolute atomic E-state index is 0.466. The lowest BCUT2D eigenvalue weighted by Crippen LogP contribution is -2.52. The lowest BCUT2D eigenvalue weighted by atomic mass is 9.90. The van der Waals surface area contributed by atoms with Crippen molar-refractivity contribution in [3.05, 3.63) is 29.8 Å². The zero-order valence-corrected chi connectivity index (χ0v) is 10.8. The van der Waals surface area contributed by atoms with E-state index in [2.05, 4.69) is 17.0 Å². The van der Waals surface area contributed by atoms with Crippen molar-refractivity contribution in [2.45, 2.75) is 44.4 Å². The molecule has 0 bridgehead atoms. The number of anilines is 1. The highest BCUT2D eigenvalue weighted by Crippen LogP contribution is 2.29. The van der Waals surface area contributed by atoms with E-state index in [1.54, 1.807) is 0 Å². The average molecular weight is 246 g/mol. The van der Waals surface area contributed by atoms with Gasteiger partial charge < -0.3 is 10.5 Å².